The second kappa shape index (κ2) is 7.71. The topological polar surface area (TPSA) is 72.8 Å². The molecule has 5 nitrogen and oxygen atoms in total. The first-order chi connectivity index (χ1) is 8.60. The highest BCUT2D eigenvalue weighted by Gasteiger charge is 2.39. The van der Waals surface area contributed by atoms with Gasteiger partial charge < -0.3 is 15.5 Å². The van der Waals surface area contributed by atoms with Crippen LogP contribution < -0.4 is 5.32 Å². The Morgan fingerprint density at radius 3 is 2.67 bits per heavy atom. The summed E-state index contributed by atoms with van der Waals surface area (Å²) in [6, 6.07) is -0.160. The van der Waals surface area contributed by atoms with Gasteiger partial charge >= 0.3 is 0 Å². The Hall–Kier alpha value is -0.650. The van der Waals surface area contributed by atoms with Crippen molar-refractivity contribution in [3.63, 3.8) is 0 Å². The van der Waals surface area contributed by atoms with Crippen LogP contribution in [0.5, 0.6) is 0 Å². The molecule has 0 spiro atoms. The smallest absolute Gasteiger partial charge is 0.220 e. The highest BCUT2D eigenvalue weighted by atomic mass is 16.3. The monoisotopic (exact) mass is 258 g/mol. The predicted octanol–water partition coefficient (Wildman–Crippen LogP) is 0.109. The van der Waals surface area contributed by atoms with Crippen molar-refractivity contribution >= 4 is 5.91 Å². The second-order valence-corrected chi connectivity index (χ2v) is 5.03. The fourth-order valence-electron chi connectivity index (χ4n) is 2.36. The third-order valence-corrected chi connectivity index (χ3v) is 3.46. The molecule has 3 N–H and O–H groups in total. The first-order valence-corrected chi connectivity index (χ1v) is 6.97. The van der Waals surface area contributed by atoms with Crippen LogP contribution in [0.4, 0.5) is 0 Å². The number of amides is 1. The standard InChI is InChI=1S/C13H26N2O3/c1-3-5-7-15-9-11(16)13(18)10(15)8-14-12(17)6-4-2/h10-11,13,16,18H,3-9H2,1-2H3,(H,14,17)/t10-,11+,13-/m1/s1. The van der Waals surface area contributed by atoms with Crippen molar-refractivity contribution in [3.8, 4) is 0 Å². The van der Waals surface area contributed by atoms with Crippen LogP contribution in [0.2, 0.25) is 0 Å². The molecule has 0 aromatic heterocycles. The molecule has 0 radical (unpaired) electrons. The molecule has 3 atom stereocenters. The second-order valence-electron chi connectivity index (χ2n) is 5.03. The minimum Gasteiger partial charge on any atom is -0.389 e. The van der Waals surface area contributed by atoms with Crippen LogP contribution in [-0.4, -0.2) is 58.9 Å². The molecule has 0 bridgehead atoms. The molecule has 1 aliphatic heterocycles. The molecule has 1 heterocycles. The lowest BCUT2D eigenvalue weighted by molar-refractivity contribution is -0.121. The number of aliphatic hydroxyl groups is 2. The molecule has 106 valence electrons. The minimum absolute atomic E-state index is 0.0153. The Bertz CT molecular complexity index is 261. The lowest BCUT2D eigenvalue weighted by atomic mass is 10.1. The SMILES string of the molecule is CCCCN1C[C@H](O)[C@H](O)[C@H]1CNC(=O)CCC. The zero-order chi connectivity index (χ0) is 13.5. The Kier molecular flexibility index (Phi) is 6.60. The van der Waals surface area contributed by atoms with Gasteiger partial charge in [-0.2, -0.15) is 0 Å². The van der Waals surface area contributed by atoms with Crippen LogP contribution in [0.15, 0.2) is 0 Å². The van der Waals surface area contributed by atoms with E-state index < -0.39 is 12.2 Å². The van der Waals surface area contributed by atoms with E-state index in [9.17, 15) is 15.0 Å². The van der Waals surface area contributed by atoms with E-state index in [4.69, 9.17) is 0 Å². The Labute approximate surface area is 109 Å². The number of hydrogen-bond donors (Lipinski definition) is 3. The number of β-amino-alcohol motifs (C(OH)–C–C–N with tert-alkyl or cyclic N) is 1. The van der Waals surface area contributed by atoms with Crippen LogP contribution in [-0.2, 0) is 4.79 Å². The highest BCUT2D eigenvalue weighted by molar-refractivity contribution is 5.75. The van der Waals surface area contributed by atoms with Crippen molar-refractivity contribution in [2.75, 3.05) is 19.6 Å². The van der Waals surface area contributed by atoms with Crippen molar-refractivity contribution in [3.05, 3.63) is 0 Å². The Morgan fingerprint density at radius 1 is 1.33 bits per heavy atom. The van der Waals surface area contributed by atoms with E-state index in [-0.39, 0.29) is 11.9 Å². The van der Waals surface area contributed by atoms with E-state index in [1.54, 1.807) is 0 Å². The third kappa shape index (κ3) is 4.23. The molecule has 0 aromatic rings. The maximum Gasteiger partial charge on any atom is 0.220 e. The van der Waals surface area contributed by atoms with Gasteiger partial charge in [-0.15, -0.1) is 0 Å². The summed E-state index contributed by atoms with van der Waals surface area (Å²) < 4.78 is 0. The van der Waals surface area contributed by atoms with Gasteiger partial charge in [0.2, 0.25) is 5.91 Å². The van der Waals surface area contributed by atoms with Crippen LogP contribution >= 0.6 is 0 Å². The third-order valence-electron chi connectivity index (χ3n) is 3.46. The summed E-state index contributed by atoms with van der Waals surface area (Å²) in [7, 11) is 0. The van der Waals surface area contributed by atoms with Gasteiger partial charge in [0, 0.05) is 19.5 Å². The fraction of sp³-hybridized carbons (Fsp3) is 0.923. The van der Waals surface area contributed by atoms with Gasteiger partial charge in [-0.3, -0.25) is 9.69 Å². The molecule has 0 aliphatic carbocycles. The van der Waals surface area contributed by atoms with Gasteiger partial charge in [-0.05, 0) is 19.4 Å². The van der Waals surface area contributed by atoms with Gasteiger partial charge in [-0.25, -0.2) is 0 Å². The number of likely N-dealkylation sites (tertiary alicyclic amines) is 1. The molecule has 1 saturated heterocycles. The maximum atomic E-state index is 11.4. The molecule has 18 heavy (non-hydrogen) atoms. The average molecular weight is 258 g/mol. The molecule has 0 unspecified atom stereocenters. The largest absolute Gasteiger partial charge is 0.389 e. The van der Waals surface area contributed by atoms with E-state index in [0.29, 0.717) is 19.5 Å². The van der Waals surface area contributed by atoms with Gasteiger partial charge in [0.05, 0.1) is 18.2 Å². The summed E-state index contributed by atoms with van der Waals surface area (Å²) in [5, 5.41) is 22.5. The number of unbranched alkanes of at least 4 members (excludes halogenated alkanes) is 1. The van der Waals surface area contributed by atoms with E-state index in [1.165, 1.54) is 0 Å². The minimum atomic E-state index is -0.760. The van der Waals surface area contributed by atoms with Gasteiger partial charge in [-0.1, -0.05) is 20.3 Å². The maximum absolute atomic E-state index is 11.4. The van der Waals surface area contributed by atoms with Crippen molar-refractivity contribution < 1.29 is 15.0 Å². The number of carbonyl (C=O) groups is 1. The number of carbonyl (C=O) groups excluding carboxylic acids is 1. The lowest BCUT2D eigenvalue weighted by Gasteiger charge is -2.25. The van der Waals surface area contributed by atoms with E-state index in [2.05, 4.69) is 17.1 Å². The highest BCUT2D eigenvalue weighted by Crippen LogP contribution is 2.18. The molecule has 0 saturated carbocycles. The summed E-state index contributed by atoms with van der Waals surface area (Å²) in [5.41, 5.74) is 0. The predicted molar refractivity (Wildman–Crippen MR) is 70.2 cm³/mol. The number of nitrogens with one attached hydrogen (secondary N) is 1. The summed E-state index contributed by atoms with van der Waals surface area (Å²) >= 11 is 0. The lowest BCUT2D eigenvalue weighted by Crippen LogP contribution is -2.45. The first kappa shape index (κ1) is 15.4. The van der Waals surface area contributed by atoms with Gasteiger partial charge in [0.1, 0.15) is 0 Å². The normalized spacial score (nSPS) is 28.6. The fourth-order valence-corrected chi connectivity index (χ4v) is 2.36. The molecule has 0 aromatic carbocycles. The summed E-state index contributed by atoms with van der Waals surface area (Å²) in [4.78, 5) is 13.5. The number of nitrogens with zero attached hydrogens (tertiary/aromatic N) is 1. The zero-order valence-corrected chi connectivity index (χ0v) is 11.4. The van der Waals surface area contributed by atoms with E-state index in [0.717, 1.165) is 25.8 Å². The zero-order valence-electron chi connectivity index (χ0n) is 11.4. The van der Waals surface area contributed by atoms with E-state index in [1.807, 2.05) is 6.92 Å². The average Bonchev–Trinajstić information content (AvgIpc) is 2.61. The summed E-state index contributed by atoms with van der Waals surface area (Å²) in [6.07, 6.45) is 2.00. The molecular formula is C13H26N2O3. The van der Waals surface area contributed by atoms with Crippen molar-refractivity contribution in [1.82, 2.24) is 10.2 Å². The van der Waals surface area contributed by atoms with Gasteiger partial charge in [0.25, 0.3) is 0 Å². The van der Waals surface area contributed by atoms with Crippen molar-refractivity contribution in [2.24, 2.45) is 0 Å². The van der Waals surface area contributed by atoms with Crippen LogP contribution in [0.3, 0.4) is 0 Å². The number of rotatable bonds is 7. The summed E-state index contributed by atoms with van der Waals surface area (Å²) in [6.45, 7) is 5.84. The molecular weight excluding hydrogens is 232 g/mol. The molecule has 1 aliphatic rings. The quantitative estimate of drug-likeness (QED) is 0.606. The van der Waals surface area contributed by atoms with Gasteiger partial charge in [0.15, 0.2) is 0 Å². The molecule has 1 fully saturated rings. The molecule has 5 heteroatoms. The van der Waals surface area contributed by atoms with Crippen LogP contribution in [0.25, 0.3) is 0 Å². The van der Waals surface area contributed by atoms with E-state index >= 15 is 0 Å². The number of aliphatic hydroxyl groups excluding tert-OH is 2. The van der Waals surface area contributed by atoms with Crippen molar-refractivity contribution in [1.29, 1.82) is 0 Å². The molecule has 1 rings (SSSR count). The van der Waals surface area contributed by atoms with Crippen molar-refractivity contribution in [2.45, 2.75) is 57.8 Å². The van der Waals surface area contributed by atoms with Crippen LogP contribution in [0, 0.1) is 0 Å². The van der Waals surface area contributed by atoms with Crippen LogP contribution in [0.1, 0.15) is 39.5 Å². The first-order valence-electron chi connectivity index (χ1n) is 6.97. The molecule has 1 amide bonds. The number of hydrogen-bond acceptors (Lipinski definition) is 4. The Balaban J connectivity index is 2.45. The Morgan fingerprint density at radius 2 is 2.06 bits per heavy atom. The summed E-state index contributed by atoms with van der Waals surface area (Å²) in [5.74, 6) is 0.0153.